The Labute approximate surface area is 111 Å². The van der Waals surface area contributed by atoms with Gasteiger partial charge < -0.3 is 15.1 Å². The molecule has 1 unspecified atom stereocenters. The molecule has 0 aliphatic rings. The SMILES string of the molecule is CC(C)CC(N)c1nnc(SCC(=O)N(C)C)o1. The summed E-state index contributed by atoms with van der Waals surface area (Å²) in [6.07, 6.45) is 0.795. The Morgan fingerprint density at radius 1 is 1.44 bits per heavy atom. The molecule has 0 bridgehead atoms. The van der Waals surface area contributed by atoms with Crippen molar-refractivity contribution in [3.8, 4) is 0 Å². The van der Waals surface area contributed by atoms with Crippen molar-refractivity contribution in [2.45, 2.75) is 31.5 Å². The van der Waals surface area contributed by atoms with Gasteiger partial charge in [0, 0.05) is 14.1 Å². The summed E-state index contributed by atoms with van der Waals surface area (Å²) in [4.78, 5) is 12.9. The van der Waals surface area contributed by atoms with Crippen molar-refractivity contribution in [3.63, 3.8) is 0 Å². The van der Waals surface area contributed by atoms with Gasteiger partial charge >= 0.3 is 0 Å². The number of hydrogen-bond donors (Lipinski definition) is 1. The van der Waals surface area contributed by atoms with Gasteiger partial charge in [0.1, 0.15) is 0 Å². The van der Waals surface area contributed by atoms with Crippen molar-refractivity contribution in [2.24, 2.45) is 11.7 Å². The first kappa shape index (κ1) is 15.0. The second kappa shape index (κ2) is 6.75. The van der Waals surface area contributed by atoms with Crippen LogP contribution in [-0.4, -0.2) is 40.9 Å². The minimum atomic E-state index is -0.239. The number of thioether (sulfide) groups is 1. The normalized spacial score (nSPS) is 12.8. The van der Waals surface area contributed by atoms with E-state index in [1.165, 1.54) is 16.7 Å². The zero-order valence-electron chi connectivity index (χ0n) is 11.2. The van der Waals surface area contributed by atoms with Crippen LogP contribution in [0.2, 0.25) is 0 Å². The highest BCUT2D eigenvalue weighted by Gasteiger charge is 2.16. The van der Waals surface area contributed by atoms with E-state index in [1.807, 2.05) is 0 Å². The fourth-order valence-corrected chi connectivity index (χ4v) is 2.04. The number of carbonyl (C=O) groups is 1. The molecule has 7 heteroatoms. The lowest BCUT2D eigenvalue weighted by atomic mass is 10.1. The van der Waals surface area contributed by atoms with Crippen LogP contribution in [0.1, 0.15) is 32.2 Å². The molecule has 0 radical (unpaired) electrons. The molecule has 1 rings (SSSR count). The topological polar surface area (TPSA) is 85.2 Å². The first-order valence-electron chi connectivity index (χ1n) is 5.82. The number of amides is 1. The number of rotatable bonds is 6. The van der Waals surface area contributed by atoms with E-state index in [1.54, 1.807) is 14.1 Å². The molecule has 0 aromatic carbocycles. The molecule has 1 aromatic heterocycles. The fraction of sp³-hybridized carbons (Fsp3) is 0.727. The van der Waals surface area contributed by atoms with E-state index in [0.29, 0.717) is 17.0 Å². The number of aromatic nitrogens is 2. The van der Waals surface area contributed by atoms with E-state index in [9.17, 15) is 4.79 Å². The Bertz CT molecular complexity index is 392. The molecule has 1 aromatic rings. The minimum absolute atomic E-state index is 0.00577. The summed E-state index contributed by atoms with van der Waals surface area (Å²) >= 11 is 1.23. The van der Waals surface area contributed by atoms with Crippen molar-refractivity contribution in [3.05, 3.63) is 5.89 Å². The van der Waals surface area contributed by atoms with Crippen molar-refractivity contribution in [1.82, 2.24) is 15.1 Å². The molecule has 6 nitrogen and oxygen atoms in total. The summed E-state index contributed by atoms with van der Waals surface area (Å²) in [5.41, 5.74) is 5.93. The third-order valence-corrected chi connectivity index (χ3v) is 3.09. The fourth-order valence-electron chi connectivity index (χ4n) is 1.29. The highest BCUT2D eigenvalue weighted by molar-refractivity contribution is 7.99. The molecule has 0 saturated heterocycles. The van der Waals surface area contributed by atoms with Gasteiger partial charge in [0.15, 0.2) is 0 Å². The Kier molecular flexibility index (Phi) is 5.61. The molecule has 18 heavy (non-hydrogen) atoms. The summed E-state index contributed by atoms with van der Waals surface area (Å²) in [6.45, 7) is 4.17. The van der Waals surface area contributed by atoms with Gasteiger partial charge in [-0.25, -0.2) is 0 Å². The quantitative estimate of drug-likeness (QED) is 0.786. The molecule has 0 fully saturated rings. The summed E-state index contributed by atoms with van der Waals surface area (Å²) in [7, 11) is 3.42. The number of carbonyl (C=O) groups excluding carboxylic acids is 1. The second-order valence-corrected chi connectivity index (χ2v) is 5.65. The van der Waals surface area contributed by atoms with E-state index in [2.05, 4.69) is 24.0 Å². The van der Waals surface area contributed by atoms with Gasteiger partial charge in [0.25, 0.3) is 5.22 Å². The molecule has 0 aliphatic heterocycles. The van der Waals surface area contributed by atoms with E-state index in [-0.39, 0.29) is 17.7 Å². The monoisotopic (exact) mass is 272 g/mol. The molecule has 0 aliphatic carbocycles. The molecule has 1 heterocycles. The van der Waals surface area contributed by atoms with Crippen LogP contribution in [0.3, 0.4) is 0 Å². The molecular formula is C11H20N4O2S. The summed E-state index contributed by atoms with van der Waals surface area (Å²) < 4.78 is 5.42. The van der Waals surface area contributed by atoms with Crippen LogP contribution in [0.5, 0.6) is 0 Å². The van der Waals surface area contributed by atoms with Crippen LogP contribution in [0.15, 0.2) is 9.64 Å². The van der Waals surface area contributed by atoms with E-state index >= 15 is 0 Å². The summed E-state index contributed by atoms with van der Waals surface area (Å²) in [6, 6.07) is -0.239. The van der Waals surface area contributed by atoms with Gasteiger partial charge in [-0.15, -0.1) is 10.2 Å². The number of nitrogens with zero attached hydrogens (tertiary/aromatic N) is 3. The smallest absolute Gasteiger partial charge is 0.277 e. The molecule has 1 amide bonds. The predicted molar refractivity (Wildman–Crippen MR) is 70.1 cm³/mol. The van der Waals surface area contributed by atoms with Crippen molar-refractivity contribution in [2.75, 3.05) is 19.8 Å². The Hall–Kier alpha value is -1.08. The number of hydrogen-bond acceptors (Lipinski definition) is 6. The molecule has 102 valence electrons. The zero-order chi connectivity index (χ0) is 13.7. The lowest BCUT2D eigenvalue weighted by Crippen LogP contribution is -2.23. The Morgan fingerprint density at radius 3 is 2.67 bits per heavy atom. The third-order valence-electron chi connectivity index (χ3n) is 2.28. The average molecular weight is 272 g/mol. The molecular weight excluding hydrogens is 252 g/mol. The van der Waals surface area contributed by atoms with Crippen LogP contribution >= 0.6 is 11.8 Å². The van der Waals surface area contributed by atoms with Crippen molar-refractivity contribution < 1.29 is 9.21 Å². The maximum absolute atomic E-state index is 11.4. The highest BCUT2D eigenvalue weighted by atomic mass is 32.2. The molecule has 0 spiro atoms. The van der Waals surface area contributed by atoms with E-state index in [4.69, 9.17) is 10.2 Å². The molecule has 1 atom stereocenters. The van der Waals surface area contributed by atoms with Gasteiger partial charge in [-0.3, -0.25) is 4.79 Å². The van der Waals surface area contributed by atoms with E-state index in [0.717, 1.165) is 6.42 Å². The first-order valence-corrected chi connectivity index (χ1v) is 6.80. The zero-order valence-corrected chi connectivity index (χ0v) is 12.0. The van der Waals surface area contributed by atoms with Crippen LogP contribution in [-0.2, 0) is 4.79 Å². The summed E-state index contributed by atoms with van der Waals surface area (Å²) in [5, 5.41) is 8.16. The van der Waals surface area contributed by atoms with E-state index < -0.39 is 0 Å². The Morgan fingerprint density at radius 2 is 2.11 bits per heavy atom. The maximum Gasteiger partial charge on any atom is 0.277 e. The summed E-state index contributed by atoms with van der Waals surface area (Å²) in [5.74, 6) is 1.20. The molecule has 2 N–H and O–H groups in total. The lowest BCUT2D eigenvalue weighted by molar-refractivity contribution is -0.125. The van der Waals surface area contributed by atoms with Gasteiger partial charge in [0.05, 0.1) is 11.8 Å². The maximum atomic E-state index is 11.4. The third kappa shape index (κ3) is 4.66. The minimum Gasteiger partial charge on any atom is -0.414 e. The van der Waals surface area contributed by atoms with Crippen molar-refractivity contribution in [1.29, 1.82) is 0 Å². The van der Waals surface area contributed by atoms with Crippen LogP contribution in [0.4, 0.5) is 0 Å². The molecule has 0 saturated carbocycles. The Balaban J connectivity index is 2.50. The second-order valence-electron chi connectivity index (χ2n) is 4.72. The first-order chi connectivity index (χ1) is 8.40. The van der Waals surface area contributed by atoms with Crippen LogP contribution in [0.25, 0.3) is 0 Å². The predicted octanol–water partition coefficient (Wildman–Crippen LogP) is 1.30. The van der Waals surface area contributed by atoms with Gasteiger partial charge in [-0.2, -0.15) is 0 Å². The number of nitrogens with two attached hydrogens (primary N) is 1. The highest BCUT2D eigenvalue weighted by Crippen LogP contribution is 2.22. The van der Waals surface area contributed by atoms with Gasteiger partial charge in [-0.1, -0.05) is 25.6 Å². The largest absolute Gasteiger partial charge is 0.414 e. The standard InChI is InChI=1S/C11H20N4O2S/c1-7(2)5-8(12)10-13-14-11(17-10)18-6-9(16)15(3)4/h7-8H,5-6,12H2,1-4H3. The van der Waals surface area contributed by atoms with Crippen LogP contribution in [0, 0.1) is 5.92 Å². The van der Waals surface area contributed by atoms with Crippen molar-refractivity contribution >= 4 is 17.7 Å². The average Bonchev–Trinajstić information content (AvgIpc) is 2.73. The van der Waals surface area contributed by atoms with Gasteiger partial charge in [-0.05, 0) is 12.3 Å². The van der Waals surface area contributed by atoms with Gasteiger partial charge in [0.2, 0.25) is 11.8 Å². The van der Waals surface area contributed by atoms with Crippen LogP contribution < -0.4 is 5.73 Å². The lowest BCUT2D eigenvalue weighted by Gasteiger charge is -2.09.